The fourth-order valence-corrected chi connectivity index (χ4v) is 4.91. The molecule has 1 aliphatic carbocycles. The lowest BCUT2D eigenvalue weighted by Crippen LogP contribution is -2.51. The Morgan fingerprint density at radius 3 is 2.32 bits per heavy atom. The highest BCUT2D eigenvalue weighted by Gasteiger charge is 2.37. The van der Waals surface area contributed by atoms with Gasteiger partial charge in [-0.25, -0.2) is 0 Å². The monoisotopic (exact) mass is 264 g/mol. The topological polar surface area (TPSA) is 15.3 Å². The minimum atomic E-state index is 0.836. The maximum atomic E-state index is 3.79. The Kier molecular flexibility index (Phi) is 4.48. The molecule has 4 atom stereocenters. The Hall–Kier alpha value is -0.0800. The van der Waals surface area contributed by atoms with Crippen LogP contribution in [-0.4, -0.2) is 35.6 Å². The molecule has 4 unspecified atom stereocenters. The number of rotatable bonds is 3. The molecule has 2 saturated heterocycles. The first-order chi connectivity index (χ1) is 9.26. The molecule has 0 aromatic carbocycles. The summed E-state index contributed by atoms with van der Waals surface area (Å²) < 4.78 is 0. The van der Waals surface area contributed by atoms with Crippen LogP contribution in [-0.2, 0) is 0 Å². The van der Waals surface area contributed by atoms with E-state index in [9.17, 15) is 0 Å². The quantitative estimate of drug-likeness (QED) is 0.784. The van der Waals surface area contributed by atoms with E-state index in [1.165, 1.54) is 64.3 Å². The maximum Gasteiger partial charge on any atom is 0.0128 e. The average Bonchev–Trinajstić information content (AvgIpc) is 2.61. The zero-order chi connectivity index (χ0) is 13.2. The van der Waals surface area contributed by atoms with Crippen molar-refractivity contribution in [1.82, 2.24) is 10.2 Å². The minimum absolute atomic E-state index is 0.836. The van der Waals surface area contributed by atoms with Gasteiger partial charge in [-0.05, 0) is 57.4 Å². The summed E-state index contributed by atoms with van der Waals surface area (Å²) in [4.78, 5) is 2.89. The fourth-order valence-electron chi connectivity index (χ4n) is 4.91. The van der Waals surface area contributed by atoms with Crippen molar-refractivity contribution in [1.29, 1.82) is 0 Å². The SMILES string of the molecule is CCN(C1CCCC(C)CC1)C1CC2CCC(C1)N2. The van der Waals surface area contributed by atoms with E-state index in [0.29, 0.717) is 0 Å². The molecule has 0 spiro atoms. The highest BCUT2D eigenvalue weighted by molar-refractivity contribution is 4.97. The van der Waals surface area contributed by atoms with Crippen LogP contribution in [0.3, 0.4) is 0 Å². The summed E-state index contributed by atoms with van der Waals surface area (Å²) in [6.45, 7) is 6.10. The van der Waals surface area contributed by atoms with Gasteiger partial charge in [-0.1, -0.05) is 26.7 Å². The van der Waals surface area contributed by atoms with Crippen molar-refractivity contribution in [3.05, 3.63) is 0 Å². The number of fused-ring (bicyclic) bond motifs is 2. The molecule has 19 heavy (non-hydrogen) atoms. The standard InChI is InChI=1S/C17H32N2/c1-3-19(16-6-4-5-13(2)7-10-16)17-11-14-8-9-15(12-17)18-14/h13-18H,3-12H2,1-2H3. The van der Waals surface area contributed by atoms with Gasteiger partial charge in [-0.3, -0.25) is 4.90 Å². The smallest absolute Gasteiger partial charge is 0.0128 e. The lowest BCUT2D eigenvalue weighted by Gasteiger charge is -2.41. The van der Waals surface area contributed by atoms with Gasteiger partial charge < -0.3 is 5.32 Å². The van der Waals surface area contributed by atoms with Crippen molar-refractivity contribution in [3.8, 4) is 0 Å². The summed E-state index contributed by atoms with van der Waals surface area (Å²) in [7, 11) is 0. The van der Waals surface area contributed by atoms with E-state index in [2.05, 4.69) is 24.1 Å². The zero-order valence-electron chi connectivity index (χ0n) is 12.9. The number of hydrogen-bond donors (Lipinski definition) is 1. The molecule has 0 amide bonds. The van der Waals surface area contributed by atoms with E-state index in [1.54, 1.807) is 0 Å². The van der Waals surface area contributed by atoms with E-state index >= 15 is 0 Å². The van der Waals surface area contributed by atoms with Crippen molar-refractivity contribution in [2.45, 2.75) is 95.8 Å². The van der Waals surface area contributed by atoms with E-state index in [0.717, 1.165) is 30.1 Å². The molecule has 2 heterocycles. The third-order valence-corrected chi connectivity index (χ3v) is 5.98. The Labute approximate surface area is 119 Å². The molecule has 2 heteroatoms. The number of nitrogens with one attached hydrogen (secondary N) is 1. The molecule has 2 aliphatic heterocycles. The third kappa shape index (κ3) is 3.16. The first-order valence-corrected chi connectivity index (χ1v) is 8.78. The van der Waals surface area contributed by atoms with Crippen LogP contribution in [0.2, 0.25) is 0 Å². The third-order valence-electron chi connectivity index (χ3n) is 5.98. The van der Waals surface area contributed by atoms with Crippen LogP contribution in [0.25, 0.3) is 0 Å². The molecule has 1 N–H and O–H groups in total. The van der Waals surface area contributed by atoms with Crippen LogP contribution in [0.4, 0.5) is 0 Å². The summed E-state index contributed by atoms with van der Waals surface area (Å²) in [5.41, 5.74) is 0. The van der Waals surface area contributed by atoms with Crippen LogP contribution in [0, 0.1) is 5.92 Å². The molecule has 2 bridgehead atoms. The van der Waals surface area contributed by atoms with Gasteiger partial charge in [0.25, 0.3) is 0 Å². The summed E-state index contributed by atoms with van der Waals surface area (Å²) in [6.07, 6.45) is 13.0. The second-order valence-corrected chi connectivity index (χ2v) is 7.36. The molecule has 3 fully saturated rings. The van der Waals surface area contributed by atoms with Gasteiger partial charge in [0, 0.05) is 24.2 Å². The minimum Gasteiger partial charge on any atom is -0.311 e. The van der Waals surface area contributed by atoms with Gasteiger partial charge in [0.15, 0.2) is 0 Å². The summed E-state index contributed by atoms with van der Waals surface area (Å²) in [5.74, 6) is 0.966. The van der Waals surface area contributed by atoms with Crippen LogP contribution in [0.1, 0.15) is 71.6 Å². The summed E-state index contributed by atoms with van der Waals surface area (Å²) >= 11 is 0. The van der Waals surface area contributed by atoms with Crippen LogP contribution in [0.5, 0.6) is 0 Å². The maximum absolute atomic E-state index is 3.79. The number of piperidine rings is 1. The molecular weight excluding hydrogens is 232 g/mol. The number of hydrogen-bond acceptors (Lipinski definition) is 2. The van der Waals surface area contributed by atoms with E-state index in [-0.39, 0.29) is 0 Å². The molecule has 110 valence electrons. The van der Waals surface area contributed by atoms with Crippen molar-refractivity contribution >= 4 is 0 Å². The molecule has 0 aromatic rings. The second kappa shape index (κ2) is 6.13. The van der Waals surface area contributed by atoms with E-state index < -0.39 is 0 Å². The molecule has 0 radical (unpaired) electrons. The van der Waals surface area contributed by atoms with Gasteiger partial charge >= 0.3 is 0 Å². The van der Waals surface area contributed by atoms with Crippen molar-refractivity contribution in [2.24, 2.45) is 5.92 Å². The van der Waals surface area contributed by atoms with Gasteiger partial charge in [0.1, 0.15) is 0 Å². The predicted octanol–water partition coefficient (Wildman–Crippen LogP) is 3.56. The fraction of sp³-hybridized carbons (Fsp3) is 1.00. The summed E-state index contributed by atoms with van der Waals surface area (Å²) in [6, 6.07) is 3.43. The average molecular weight is 264 g/mol. The molecular formula is C17H32N2. The Morgan fingerprint density at radius 1 is 0.895 bits per heavy atom. The van der Waals surface area contributed by atoms with Gasteiger partial charge in [0.05, 0.1) is 0 Å². The van der Waals surface area contributed by atoms with Gasteiger partial charge in [-0.15, -0.1) is 0 Å². The van der Waals surface area contributed by atoms with Gasteiger partial charge in [0.2, 0.25) is 0 Å². The first kappa shape index (κ1) is 13.9. The van der Waals surface area contributed by atoms with E-state index in [1.807, 2.05) is 0 Å². The lowest BCUT2D eigenvalue weighted by atomic mass is 9.94. The van der Waals surface area contributed by atoms with Crippen LogP contribution < -0.4 is 5.32 Å². The second-order valence-electron chi connectivity index (χ2n) is 7.36. The predicted molar refractivity (Wildman–Crippen MR) is 81.4 cm³/mol. The zero-order valence-corrected chi connectivity index (χ0v) is 12.9. The number of nitrogens with zero attached hydrogens (tertiary/aromatic N) is 1. The molecule has 3 aliphatic rings. The molecule has 2 nitrogen and oxygen atoms in total. The molecule has 1 saturated carbocycles. The lowest BCUT2D eigenvalue weighted by molar-refractivity contribution is 0.0903. The van der Waals surface area contributed by atoms with Crippen molar-refractivity contribution in [2.75, 3.05) is 6.54 Å². The van der Waals surface area contributed by atoms with Gasteiger partial charge in [-0.2, -0.15) is 0 Å². The van der Waals surface area contributed by atoms with Crippen molar-refractivity contribution in [3.63, 3.8) is 0 Å². The molecule has 3 rings (SSSR count). The van der Waals surface area contributed by atoms with Crippen LogP contribution in [0.15, 0.2) is 0 Å². The Bertz CT molecular complexity index is 279. The highest BCUT2D eigenvalue weighted by Crippen LogP contribution is 2.33. The van der Waals surface area contributed by atoms with Crippen molar-refractivity contribution < 1.29 is 0 Å². The summed E-state index contributed by atoms with van der Waals surface area (Å²) in [5, 5.41) is 3.79. The largest absolute Gasteiger partial charge is 0.311 e. The molecule has 0 aromatic heterocycles. The Morgan fingerprint density at radius 2 is 1.63 bits per heavy atom. The van der Waals surface area contributed by atoms with Crippen LogP contribution >= 0.6 is 0 Å². The normalized spacial score (nSPS) is 43.4. The Balaban J connectivity index is 1.63. The highest BCUT2D eigenvalue weighted by atomic mass is 15.2. The van der Waals surface area contributed by atoms with E-state index in [4.69, 9.17) is 0 Å². The first-order valence-electron chi connectivity index (χ1n) is 8.78.